The summed E-state index contributed by atoms with van der Waals surface area (Å²) in [5.74, 6) is 1.48. The first-order valence-electron chi connectivity index (χ1n) is 5.20. The van der Waals surface area contributed by atoms with Gasteiger partial charge in [-0.2, -0.15) is 0 Å². The fraction of sp³-hybridized carbons (Fsp3) is 0.0714. The van der Waals surface area contributed by atoms with Crippen LogP contribution < -0.4 is 4.74 Å². The first-order chi connectivity index (χ1) is 8.16. The lowest BCUT2D eigenvalue weighted by atomic mass is 10.2. The molecule has 0 unspecified atom stereocenters. The van der Waals surface area contributed by atoms with Gasteiger partial charge in [-0.15, -0.1) is 0 Å². The minimum Gasteiger partial charge on any atom is -0.457 e. The summed E-state index contributed by atoms with van der Waals surface area (Å²) in [5, 5.41) is -0.465. The molecule has 86 valence electrons. The molecule has 3 heteroatoms. The highest BCUT2D eigenvalue weighted by Gasteiger charge is 2.03. The van der Waals surface area contributed by atoms with E-state index >= 15 is 0 Å². The lowest BCUT2D eigenvalue weighted by Crippen LogP contribution is -1.90. The highest BCUT2D eigenvalue weighted by molar-refractivity contribution is 6.67. The van der Waals surface area contributed by atoms with Crippen LogP contribution in [0, 0.1) is 6.92 Å². The molecule has 0 atom stereocenters. The highest BCUT2D eigenvalue weighted by Crippen LogP contribution is 2.24. The van der Waals surface area contributed by atoms with E-state index in [2.05, 4.69) is 0 Å². The maximum absolute atomic E-state index is 10.9. The predicted octanol–water partition coefficient (Wildman–Crippen LogP) is 4.17. The van der Waals surface area contributed by atoms with Crippen molar-refractivity contribution >= 4 is 16.8 Å². The monoisotopic (exact) mass is 246 g/mol. The number of carbonyl (C=O) groups is 1. The van der Waals surface area contributed by atoms with Gasteiger partial charge in [0.2, 0.25) is 0 Å². The molecular formula is C14H11ClO2. The van der Waals surface area contributed by atoms with Gasteiger partial charge in [0.05, 0.1) is 0 Å². The number of para-hydroxylation sites is 1. The first kappa shape index (κ1) is 11.7. The van der Waals surface area contributed by atoms with Crippen molar-refractivity contribution in [2.24, 2.45) is 0 Å². The van der Waals surface area contributed by atoms with E-state index in [1.807, 2.05) is 31.2 Å². The lowest BCUT2D eigenvalue weighted by molar-refractivity contribution is 0.108. The number of hydrogen-bond acceptors (Lipinski definition) is 2. The van der Waals surface area contributed by atoms with Gasteiger partial charge in [-0.05, 0) is 54.4 Å². The average Bonchev–Trinajstić information content (AvgIpc) is 2.33. The molecule has 0 spiro atoms. The third kappa shape index (κ3) is 2.86. The van der Waals surface area contributed by atoms with Gasteiger partial charge in [-0.3, -0.25) is 4.79 Å². The van der Waals surface area contributed by atoms with Crippen molar-refractivity contribution in [2.45, 2.75) is 6.92 Å². The number of rotatable bonds is 3. The molecule has 0 saturated heterocycles. The molecule has 0 amide bonds. The Morgan fingerprint density at radius 2 is 1.71 bits per heavy atom. The summed E-state index contributed by atoms with van der Waals surface area (Å²) in [6, 6.07) is 14.5. The molecule has 2 aromatic carbocycles. The van der Waals surface area contributed by atoms with Crippen LogP contribution in [0.4, 0.5) is 0 Å². The number of ether oxygens (including phenoxy) is 1. The number of hydrogen-bond donors (Lipinski definition) is 0. The van der Waals surface area contributed by atoms with Gasteiger partial charge in [0.15, 0.2) is 0 Å². The lowest BCUT2D eigenvalue weighted by Gasteiger charge is -2.08. The topological polar surface area (TPSA) is 26.3 Å². The minimum absolute atomic E-state index is 0.462. The molecule has 0 N–H and O–H groups in total. The van der Waals surface area contributed by atoms with E-state index in [9.17, 15) is 4.79 Å². The molecule has 0 aromatic heterocycles. The average molecular weight is 247 g/mol. The predicted molar refractivity (Wildman–Crippen MR) is 67.9 cm³/mol. The van der Waals surface area contributed by atoms with Crippen LogP contribution in [0.15, 0.2) is 48.5 Å². The maximum atomic E-state index is 10.9. The quantitative estimate of drug-likeness (QED) is 0.760. The van der Waals surface area contributed by atoms with E-state index in [4.69, 9.17) is 16.3 Å². The van der Waals surface area contributed by atoms with Crippen molar-refractivity contribution in [2.75, 3.05) is 0 Å². The zero-order chi connectivity index (χ0) is 12.3. The van der Waals surface area contributed by atoms with Gasteiger partial charge < -0.3 is 4.74 Å². The van der Waals surface area contributed by atoms with E-state index in [-0.39, 0.29) is 0 Å². The number of halogens is 1. The molecular weight excluding hydrogens is 236 g/mol. The van der Waals surface area contributed by atoms with Gasteiger partial charge in [-0.1, -0.05) is 18.2 Å². The van der Waals surface area contributed by atoms with E-state index in [0.717, 1.165) is 11.3 Å². The molecule has 0 radical (unpaired) electrons. The molecule has 2 rings (SSSR count). The Hall–Kier alpha value is -1.80. The third-order valence-electron chi connectivity index (χ3n) is 2.40. The molecule has 17 heavy (non-hydrogen) atoms. The first-order valence-corrected chi connectivity index (χ1v) is 5.58. The van der Waals surface area contributed by atoms with Crippen LogP contribution in [0.2, 0.25) is 0 Å². The van der Waals surface area contributed by atoms with Gasteiger partial charge in [-0.25, -0.2) is 0 Å². The molecule has 0 fully saturated rings. The molecule has 0 aliphatic rings. The van der Waals surface area contributed by atoms with Crippen LogP contribution in [0.3, 0.4) is 0 Å². The summed E-state index contributed by atoms with van der Waals surface area (Å²) >= 11 is 5.36. The SMILES string of the molecule is Cc1ccccc1Oc1ccc(C(=O)Cl)cc1. The second-order valence-electron chi connectivity index (χ2n) is 3.67. The largest absolute Gasteiger partial charge is 0.457 e. The van der Waals surface area contributed by atoms with E-state index in [1.54, 1.807) is 24.3 Å². The van der Waals surface area contributed by atoms with Crippen LogP contribution in [0.1, 0.15) is 15.9 Å². The van der Waals surface area contributed by atoms with E-state index in [0.29, 0.717) is 11.3 Å². The van der Waals surface area contributed by atoms with Gasteiger partial charge >= 0.3 is 0 Å². The Morgan fingerprint density at radius 1 is 1.06 bits per heavy atom. The smallest absolute Gasteiger partial charge is 0.252 e. The summed E-state index contributed by atoms with van der Waals surface area (Å²) in [6.45, 7) is 1.98. The number of benzene rings is 2. The number of aryl methyl sites for hydroxylation is 1. The maximum Gasteiger partial charge on any atom is 0.252 e. The van der Waals surface area contributed by atoms with Crippen molar-refractivity contribution in [3.8, 4) is 11.5 Å². The zero-order valence-corrected chi connectivity index (χ0v) is 10.1. The van der Waals surface area contributed by atoms with Crippen molar-refractivity contribution in [1.82, 2.24) is 0 Å². The van der Waals surface area contributed by atoms with Gasteiger partial charge in [0.1, 0.15) is 11.5 Å². The van der Waals surface area contributed by atoms with E-state index in [1.165, 1.54) is 0 Å². The Bertz CT molecular complexity index is 532. The second-order valence-corrected chi connectivity index (χ2v) is 4.01. The Morgan fingerprint density at radius 3 is 2.29 bits per heavy atom. The zero-order valence-electron chi connectivity index (χ0n) is 9.31. The molecule has 0 heterocycles. The van der Waals surface area contributed by atoms with Crippen molar-refractivity contribution in [3.63, 3.8) is 0 Å². The molecule has 0 aliphatic heterocycles. The Labute approximate surface area is 105 Å². The van der Waals surface area contributed by atoms with Crippen LogP contribution in [0.5, 0.6) is 11.5 Å². The summed E-state index contributed by atoms with van der Waals surface area (Å²) in [4.78, 5) is 10.9. The minimum atomic E-state index is -0.465. The highest BCUT2D eigenvalue weighted by atomic mass is 35.5. The Balaban J connectivity index is 2.20. The fourth-order valence-corrected chi connectivity index (χ4v) is 1.58. The van der Waals surface area contributed by atoms with Gasteiger partial charge in [0.25, 0.3) is 5.24 Å². The standard InChI is InChI=1S/C14H11ClO2/c1-10-4-2-3-5-13(10)17-12-8-6-11(7-9-12)14(15)16/h2-9H,1H3. The summed E-state index contributed by atoms with van der Waals surface area (Å²) in [7, 11) is 0. The molecule has 0 aliphatic carbocycles. The van der Waals surface area contributed by atoms with Crippen LogP contribution in [-0.4, -0.2) is 5.24 Å². The molecule has 0 saturated carbocycles. The summed E-state index contributed by atoms with van der Waals surface area (Å²) < 4.78 is 5.69. The summed E-state index contributed by atoms with van der Waals surface area (Å²) in [6.07, 6.45) is 0. The Kier molecular flexibility index (Phi) is 3.45. The molecule has 2 nitrogen and oxygen atoms in total. The summed E-state index contributed by atoms with van der Waals surface area (Å²) in [5.41, 5.74) is 1.52. The number of carbonyl (C=O) groups excluding carboxylic acids is 1. The van der Waals surface area contributed by atoms with Crippen molar-refractivity contribution < 1.29 is 9.53 Å². The van der Waals surface area contributed by atoms with Crippen LogP contribution in [0.25, 0.3) is 0 Å². The molecule has 0 bridgehead atoms. The second kappa shape index (κ2) is 5.02. The van der Waals surface area contributed by atoms with Gasteiger partial charge in [0, 0.05) is 5.56 Å². The van der Waals surface area contributed by atoms with Crippen LogP contribution >= 0.6 is 11.6 Å². The van der Waals surface area contributed by atoms with Crippen molar-refractivity contribution in [1.29, 1.82) is 0 Å². The van der Waals surface area contributed by atoms with Crippen molar-refractivity contribution in [3.05, 3.63) is 59.7 Å². The molecule has 2 aromatic rings. The third-order valence-corrected chi connectivity index (χ3v) is 2.62. The van der Waals surface area contributed by atoms with E-state index < -0.39 is 5.24 Å². The fourth-order valence-electron chi connectivity index (χ4n) is 1.45. The van der Waals surface area contributed by atoms with Crippen LogP contribution in [-0.2, 0) is 0 Å². The normalized spacial score (nSPS) is 10.0.